The summed E-state index contributed by atoms with van der Waals surface area (Å²) >= 11 is 0. The zero-order chi connectivity index (χ0) is 15.2. The molecule has 114 valence electrons. The van der Waals surface area contributed by atoms with Crippen LogP contribution in [0, 0.1) is 0 Å². The van der Waals surface area contributed by atoms with E-state index in [1.54, 1.807) is 6.08 Å². The van der Waals surface area contributed by atoms with Crippen LogP contribution >= 0.6 is 0 Å². The van der Waals surface area contributed by atoms with Crippen molar-refractivity contribution in [3.63, 3.8) is 0 Å². The monoisotopic (exact) mass is 294 g/mol. The summed E-state index contributed by atoms with van der Waals surface area (Å²) in [6.45, 7) is 15.8. The van der Waals surface area contributed by atoms with Gasteiger partial charge in [-0.3, -0.25) is 0 Å². The van der Waals surface area contributed by atoms with Crippen LogP contribution in [0.5, 0.6) is 0 Å². The van der Waals surface area contributed by atoms with Crippen molar-refractivity contribution in [3.05, 3.63) is 37.0 Å². The Hall–Kier alpha value is -0.643. The lowest BCUT2D eigenvalue weighted by Crippen LogP contribution is -2.41. The van der Waals surface area contributed by atoms with Crippen LogP contribution < -0.4 is 0 Å². The normalized spacial score (nSPS) is 23.6. The third-order valence-corrected chi connectivity index (χ3v) is 8.68. The first-order chi connectivity index (χ1) is 9.28. The van der Waals surface area contributed by atoms with Gasteiger partial charge in [0.15, 0.2) is 8.32 Å². The molecule has 0 N–H and O–H groups in total. The summed E-state index contributed by atoms with van der Waals surface area (Å²) in [4.78, 5) is 0. The van der Waals surface area contributed by atoms with Crippen molar-refractivity contribution < 1.29 is 9.16 Å². The van der Waals surface area contributed by atoms with Crippen LogP contribution in [-0.2, 0) is 9.16 Å². The highest BCUT2D eigenvalue weighted by atomic mass is 28.4. The highest BCUT2D eigenvalue weighted by molar-refractivity contribution is 6.74. The van der Waals surface area contributed by atoms with Crippen LogP contribution in [0.4, 0.5) is 0 Å². The minimum atomic E-state index is -1.63. The maximum absolute atomic E-state index is 6.18. The lowest BCUT2D eigenvalue weighted by atomic mass is 10.2. The summed E-state index contributed by atoms with van der Waals surface area (Å²) in [6, 6.07) is 0. The van der Waals surface area contributed by atoms with Gasteiger partial charge in [0.2, 0.25) is 0 Å². The minimum absolute atomic E-state index is 0.273. The fourth-order valence-corrected chi connectivity index (χ4v) is 2.63. The van der Waals surface area contributed by atoms with E-state index in [1.165, 1.54) is 0 Å². The molecule has 0 unspecified atom stereocenters. The van der Waals surface area contributed by atoms with Gasteiger partial charge in [-0.15, -0.1) is 0 Å². The summed E-state index contributed by atoms with van der Waals surface area (Å²) in [5.74, 6) is 0. The number of hydrogen-bond donors (Lipinski definition) is 0. The Labute approximate surface area is 125 Å². The Morgan fingerprint density at radius 3 is 2.45 bits per heavy atom. The van der Waals surface area contributed by atoms with E-state index < -0.39 is 8.32 Å². The first-order valence-corrected chi connectivity index (χ1v) is 10.4. The molecule has 1 fully saturated rings. The van der Waals surface area contributed by atoms with Gasteiger partial charge in [-0.25, -0.2) is 0 Å². The van der Waals surface area contributed by atoms with E-state index in [2.05, 4.69) is 58.7 Å². The van der Waals surface area contributed by atoms with Crippen LogP contribution in [0.3, 0.4) is 0 Å². The summed E-state index contributed by atoms with van der Waals surface area (Å²) in [5, 5.41) is 0.273. The van der Waals surface area contributed by atoms with Gasteiger partial charge in [-0.1, -0.05) is 57.7 Å². The third-order valence-electron chi connectivity index (χ3n) is 4.18. The summed E-state index contributed by atoms with van der Waals surface area (Å²) in [5.41, 5.74) is 0. The van der Waals surface area contributed by atoms with E-state index in [-0.39, 0.29) is 5.04 Å². The molecule has 0 aromatic rings. The minimum Gasteiger partial charge on any atom is -0.414 e. The third kappa shape index (κ3) is 5.78. The standard InChI is InChI=1S/C17H30O2Si/c1-7-8-9-10-11-12-13-15-16(19-15)14-18-20(5,6)17(2,3)4/h7-9,11-12,15-16H,1,10,13-14H2,2-6H3/b9-8-,12-11-/t15-,16+/m0/s1. The average Bonchev–Trinajstić information content (AvgIpc) is 3.08. The van der Waals surface area contributed by atoms with E-state index in [9.17, 15) is 0 Å². The molecule has 1 rings (SSSR count). The Balaban J connectivity index is 2.18. The molecule has 2 atom stereocenters. The summed E-state index contributed by atoms with van der Waals surface area (Å²) in [6.07, 6.45) is 12.8. The molecule has 0 aliphatic carbocycles. The number of rotatable bonds is 8. The van der Waals surface area contributed by atoms with E-state index in [0.29, 0.717) is 12.2 Å². The number of hydrogen-bond acceptors (Lipinski definition) is 2. The first-order valence-electron chi connectivity index (χ1n) is 7.50. The molecule has 0 radical (unpaired) electrons. The molecule has 1 saturated heterocycles. The van der Waals surface area contributed by atoms with Gasteiger partial charge in [0.1, 0.15) is 6.10 Å². The average molecular weight is 295 g/mol. The second-order valence-electron chi connectivity index (χ2n) is 6.89. The molecule has 0 bridgehead atoms. The van der Waals surface area contributed by atoms with E-state index in [1.807, 2.05) is 6.08 Å². The molecule has 1 aliphatic rings. The van der Waals surface area contributed by atoms with E-state index >= 15 is 0 Å². The molecule has 20 heavy (non-hydrogen) atoms. The van der Waals surface area contributed by atoms with Gasteiger partial charge >= 0.3 is 0 Å². The van der Waals surface area contributed by atoms with Crippen molar-refractivity contribution in [2.24, 2.45) is 0 Å². The molecule has 0 saturated carbocycles. The maximum Gasteiger partial charge on any atom is 0.192 e. The lowest BCUT2D eigenvalue weighted by molar-refractivity contribution is 0.241. The molecule has 3 heteroatoms. The fraction of sp³-hybridized carbons (Fsp3) is 0.647. The van der Waals surface area contributed by atoms with Crippen LogP contribution in [0.15, 0.2) is 37.0 Å². The second kappa shape index (κ2) is 7.39. The predicted molar refractivity (Wildman–Crippen MR) is 89.5 cm³/mol. The molecular weight excluding hydrogens is 264 g/mol. The van der Waals surface area contributed by atoms with Crippen molar-refractivity contribution in [2.45, 2.75) is 64.0 Å². The summed E-state index contributed by atoms with van der Waals surface area (Å²) in [7, 11) is -1.63. The maximum atomic E-state index is 6.18. The van der Waals surface area contributed by atoms with Gasteiger partial charge in [0.05, 0.1) is 12.7 Å². The first kappa shape index (κ1) is 17.4. The fourth-order valence-electron chi connectivity index (χ4n) is 1.62. The van der Waals surface area contributed by atoms with Crippen LogP contribution in [0.25, 0.3) is 0 Å². The topological polar surface area (TPSA) is 21.8 Å². The molecule has 0 aromatic carbocycles. The van der Waals surface area contributed by atoms with E-state index in [0.717, 1.165) is 19.4 Å². The smallest absolute Gasteiger partial charge is 0.192 e. The van der Waals surface area contributed by atoms with Crippen molar-refractivity contribution in [1.29, 1.82) is 0 Å². The Kier molecular flexibility index (Phi) is 6.43. The van der Waals surface area contributed by atoms with Crippen LogP contribution in [-0.4, -0.2) is 27.1 Å². The van der Waals surface area contributed by atoms with Crippen molar-refractivity contribution in [2.75, 3.05) is 6.61 Å². The molecule has 0 amide bonds. The van der Waals surface area contributed by atoms with Gasteiger partial charge in [0.25, 0.3) is 0 Å². The van der Waals surface area contributed by atoms with Gasteiger partial charge in [-0.05, 0) is 31.0 Å². The zero-order valence-corrected chi connectivity index (χ0v) is 14.7. The molecular formula is C17H30O2Si. The molecule has 0 aromatic heterocycles. The lowest BCUT2D eigenvalue weighted by Gasteiger charge is -2.36. The number of epoxide rings is 1. The highest BCUT2D eigenvalue weighted by Crippen LogP contribution is 2.38. The molecule has 0 spiro atoms. The van der Waals surface area contributed by atoms with Crippen molar-refractivity contribution in [1.82, 2.24) is 0 Å². The van der Waals surface area contributed by atoms with Crippen LogP contribution in [0.2, 0.25) is 18.1 Å². The molecule has 1 aliphatic heterocycles. The van der Waals surface area contributed by atoms with E-state index in [4.69, 9.17) is 9.16 Å². The highest BCUT2D eigenvalue weighted by Gasteiger charge is 2.42. The molecule has 1 heterocycles. The largest absolute Gasteiger partial charge is 0.414 e. The SMILES string of the molecule is C=C/C=C\C/C=C\C[C@@H]1O[C@@H]1CO[Si](C)(C)C(C)(C)C. The van der Waals surface area contributed by atoms with Gasteiger partial charge < -0.3 is 9.16 Å². The Bertz CT molecular complexity index is 364. The zero-order valence-electron chi connectivity index (χ0n) is 13.7. The number of allylic oxidation sites excluding steroid dienone is 4. The Morgan fingerprint density at radius 2 is 1.85 bits per heavy atom. The van der Waals surface area contributed by atoms with Gasteiger partial charge in [0, 0.05) is 0 Å². The van der Waals surface area contributed by atoms with Crippen molar-refractivity contribution in [3.8, 4) is 0 Å². The summed E-state index contributed by atoms with van der Waals surface area (Å²) < 4.78 is 11.8. The Morgan fingerprint density at radius 1 is 1.15 bits per heavy atom. The van der Waals surface area contributed by atoms with Gasteiger partial charge in [-0.2, -0.15) is 0 Å². The quantitative estimate of drug-likeness (QED) is 0.276. The predicted octanol–water partition coefficient (Wildman–Crippen LogP) is 4.85. The molecule has 2 nitrogen and oxygen atoms in total. The van der Waals surface area contributed by atoms with Crippen LogP contribution in [0.1, 0.15) is 33.6 Å². The van der Waals surface area contributed by atoms with Crippen molar-refractivity contribution >= 4 is 8.32 Å². The second-order valence-corrected chi connectivity index (χ2v) is 11.7. The number of ether oxygens (including phenoxy) is 1.